The largest absolute Gasteiger partial charge is 0.506 e. The van der Waals surface area contributed by atoms with Crippen LogP contribution in [0, 0.1) is 0 Å². The Morgan fingerprint density at radius 1 is 1.10 bits per heavy atom. The maximum Gasteiger partial charge on any atom is 0.255 e. The Morgan fingerprint density at radius 3 is 2.27 bits per heavy atom. The number of methoxy groups -OCH3 is 1. The number of amides is 1. The first kappa shape index (κ1) is 23.7. The average molecular weight is 435 g/mol. The highest BCUT2D eigenvalue weighted by atomic mass is 32.2. The lowest BCUT2D eigenvalue weighted by Gasteiger charge is -2.21. The minimum absolute atomic E-state index is 0.0687. The summed E-state index contributed by atoms with van der Waals surface area (Å²) in [4.78, 5) is 12.8. The monoisotopic (exact) mass is 434 g/mol. The zero-order chi connectivity index (χ0) is 22.7. The molecule has 7 nitrogen and oxygen atoms in total. The van der Waals surface area contributed by atoms with Crippen LogP contribution >= 0.6 is 0 Å². The van der Waals surface area contributed by atoms with Gasteiger partial charge in [-0.1, -0.05) is 40.7 Å². The lowest BCUT2D eigenvalue weighted by molar-refractivity contribution is 0.102. The van der Waals surface area contributed by atoms with E-state index in [0.717, 1.165) is 5.56 Å². The van der Waals surface area contributed by atoms with Gasteiger partial charge in [-0.3, -0.25) is 4.79 Å². The van der Waals surface area contributed by atoms with Crippen molar-refractivity contribution in [2.24, 2.45) is 0 Å². The van der Waals surface area contributed by atoms with Crippen LogP contribution in [0.15, 0.2) is 41.3 Å². The van der Waals surface area contributed by atoms with Gasteiger partial charge >= 0.3 is 0 Å². The van der Waals surface area contributed by atoms with Gasteiger partial charge in [0.05, 0.1) is 12.8 Å². The third-order valence-corrected chi connectivity index (χ3v) is 6.93. The van der Waals surface area contributed by atoms with E-state index in [1.165, 1.54) is 35.7 Å². The predicted octanol–water partition coefficient (Wildman–Crippen LogP) is 3.98. The SMILES string of the molecule is CCN(CC)S(=O)(=O)c1cc(C(=O)Nc2cc(C(C)(C)C)ccc2O)ccc1OC. The lowest BCUT2D eigenvalue weighted by atomic mass is 9.87. The van der Waals surface area contributed by atoms with Gasteiger partial charge in [-0.25, -0.2) is 8.42 Å². The smallest absolute Gasteiger partial charge is 0.255 e. The summed E-state index contributed by atoms with van der Waals surface area (Å²) in [5.41, 5.74) is 1.17. The van der Waals surface area contributed by atoms with Crippen molar-refractivity contribution in [1.82, 2.24) is 4.31 Å². The zero-order valence-corrected chi connectivity index (χ0v) is 19.1. The fourth-order valence-electron chi connectivity index (χ4n) is 3.02. The number of nitrogens with zero attached hydrogens (tertiary/aromatic N) is 1. The van der Waals surface area contributed by atoms with Gasteiger partial charge in [-0.2, -0.15) is 4.31 Å². The van der Waals surface area contributed by atoms with E-state index in [1.807, 2.05) is 20.8 Å². The molecule has 164 valence electrons. The van der Waals surface area contributed by atoms with Gasteiger partial charge in [0.25, 0.3) is 5.91 Å². The van der Waals surface area contributed by atoms with E-state index in [1.54, 1.807) is 26.0 Å². The Bertz CT molecular complexity index is 1020. The van der Waals surface area contributed by atoms with Gasteiger partial charge < -0.3 is 15.2 Å². The first-order valence-corrected chi connectivity index (χ1v) is 11.2. The highest BCUT2D eigenvalue weighted by molar-refractivity contribution is 7.89. The first-order chi connectivity index (χ1) is 13.9. The van der Waals surface area contributed by atoms with Crippen LogP contribution in [0.3, 0.4) is 0 Å². The predicted molar refractivity (Wildman–Crippen MR) is 118 cm³/mol. The van der Waals surface area contributed by atoms with E-state index in [2.05, 4.69) is 5.32 Å². The van der Waals surface area contributed by atoms with Gasteiger partial charge in [-0.05, 0) is 41.3 Å². The first-order valence-electron chi connectivity index (χ1n) is 9.78. The summed E-state index contributed by atoms with van der Waals surface area (Å²) < 4.78 is 32.5. The van der Waals surface area contributed by atoms with Crippen molar-refractivity contribution < 1.29 is 23.1 Å². The second-order valence-corrected chi connectivity index (χ2v) is 9.80. The van der Waals surface area contributed by atoms with Crippen LogP contribution in [0.1, 0.15) is 50.5 Å². The molecule has 8 heteroatoms. The standard InChI is InChI=1S/C22H30N2O5S/c1-7-24(8-2)30(27,28)20-13-15(9-12-19(20)29-6)21(26)23-17-14-16(22(3,4)5)10-11-18(17)25/h9-14,25H,7-8H2,1-6H3,(H,23,26). The number of carbonyl (C=O) groups is 1. The molecular formula is C22H30N2O5S. The molecule has 0 aliphatic rings. The molecule has 0 spiro atoms. The molecule has 0 bridgehead atoms. The molecule has 2 aromatic rings. The molecule has 0 aliphatic carbocycles. The van der Waals surface area contributed by atoms with Crippen molar-refractivity contribution in [3.8, 4) is 11.5 Å². The van der Waals surface area contributed by atoms with E-state index in [9.17, 15) is 18.3 Å². The number of nitrogens with one attached hydrogen (secondary N) is 1. The molecular weight excluding hydrogens is 404 g/mol. The number of phenols is 1. The van der Waals surface area contributed by atoms with Crippen LogP contribution in [0.5, 0.6) is 11.5 Å². The van der Waals surface area contributed by atoms with Crippen molar-refractivity contribution in [3.63, 3.8) is 0 Å². The third kappa shape index (κ3) is 4.94. The highest BCUT2D eigenvalue weighted by Crippen LogP contribution is 2.32. The number of carbonyl (C=O) groups excluding carboxylic acids is 1. The van der Waals surface area contributed by atoms with E-state index in [4.69, 9.17) is 4.74 Å². The molecule has 2 aromatic carbocycles. The van der Waals surface area contributed by atoms with Crippen LogP contribution < -0.4 is 10.1 Å². The van der Waals surface area contributed by atoms with Crippen molar-refractivity contribution in [1.29, 1.82) is 0 Å². The third-order valence-electron chi connectivity index (χ3n) is 4.86. The van der Waals surface area contributed by atoms with E-state index in [-0.39, 0.29) is 33.1 Å². The Kier molecular flexibility index (Phi) is 7.15. The minimum atomic E-state index is -3.83. The van der Waals surface area contributed by atoms with Crippen LogP contribution in [-0.2, 0) is 15.4 Å². The number of hydrogen-bond donors (Lipinski definition) is 2. The number of benzene rings is 2. The topological polar surface area (TPSA) is 95.9 Å². The summed E-state index contributed by atoms with van der Waals surface area (Å²) in [6.45, 7) is 10.2. The Balaban J connectivity index is 2.45. The van der Waals surface area contributed by atoms with Gasteiger partial charge in [0.15, 0.2) is 0 Å². The molecule has 0 fully saturated rings. The maximum absolute atomic E-state index is 13.0. The molecule has 2 N–H and O–H groups in total. The summed E-state index contributed by atoms with van der Waals surface area (Å²) in [7, 11) is -2.45. The number of ether oxygens (including phenoxy) is 1. The second-order valence-electron chi connectivity index (χ2n) is 7.89. The molecule has 0 radical (unpaired) electrons. The molecule has 0 atom stereocenters. The second kappa shape index (κ2) is 9.06. The number of phenolic OH excluding ortho intramolecular Hbond substituents is 1. The Morgan fingerprint density at radius 2 is 1.73 bits per heavy atom. The van der Waals surface area contributed by atoms with Crippen LogP contribution in [-0.4, -0.2) is 43.9 Å². The number of hydrogen-bond acceptors (Lipinski definition) is 5. The Hall–Kier alpha value is -2.58. The molecule has 0 heterocycles. The molecule has 1 amide bonds. The van der Waals surface area contributed by atoms with Gasteiger partial charge in [0.2, 0.25) is 10.0 Å². The van der Waals surface area contributed by atoms with E-state index < -0.39 is 15.9 Å². The fourth-order valence-corrected chi connectivity index (χ4v) is 4.66. The molecule has 0 saturated carbocycles. The van der Waals surface area contributed by atoms with Gasteiger partial charge in [-0.15, -0.1) is 0 Å². The number of anilines is 1. The Labute approximate surface area is 178 Å². The van der Waals surface area contributed by atoms with Crippen LogP contribution in [0.2, 0.25) is 0 Å². The van der Waals surface area contributed by atoms with E-state index >= 15 is 0 Å². The van der Waals surface area contributed by atoms with Crippen LogP contribution in [0.4, 0.5) is 5.69 Å². The molecule has 30 heavy (non-hydrogen) atoms. The summed E-state index contributed by atoms with van der Waals surface area (Å²) in [5, 5.41) is 12.8. The average Bonchev–Trinajstić information content (AvgIpc) is 2.68. The van der Waals surface area contributed by atoms with Crippen LogP contribution in [0.25, 0.3) is 0 Å². The minimum Gasteiger partial charge on any atom is -0.506 e. The van der Waals surface area contributed by atoms with Crippen molar-refractivity contribution in [2.75, 3.05) is 25.5 Å². The molecule has 0 saturated heterocycles. The normalized spacial score (nSPS) is 12.1. The highest BCUT2D eigenvalue weighted by Gasteiger charge is 2.27. The zero-order valence-electron chi connectivity index (χ0n) is 18.3. The molecule has 2 rings (SSSR count). The van der Waals surface area contributed by atoms with Crippen molar-refractivity contribution in [3.05, 3.63) is 47.5 Å². The molecule has 0 aliphatic heterocycles. The number of aromatic hydroxyl groups is 1. The number of rotatable bonds is 7. The van der Waals surface area contributed by atoms with Gasteiger partial charge in [0.1, 0.15) is 16.4 Å². The van der Waals surface area contributed by atoms with Crippen molar-refractivity contribution in [2.45, 2.75) is 44.9 Å². The lowest BCUT2D eigenvalue weighted by Crippen LogP contribution is -2.31. The molecule has 0 unspecified atom stereocenters. The maximum atomic E-state index is 13.0. The summed E-state index contributed by atoms with van der Waals surface area (Å²) in [6.07, 6.45) is 0. The van der Waals surface area contributed by atoms with Crippen molar-refractivity contribution >= 4 is 21.6 Å². The number of sulfonamides is 1. The van der Waals surface area contributed by atoms with Gasteiger partial charge in [0, 0.05) is 18.7 Å². The quantitative estimate of drug-likeness (QED) is 0.643. The summed E-state index contributed by atoms with van der Waals surface area (Å²) in [6, 6.07) is 9.28. The molecule has 0 aromatic heterocycles. The summed E-state index contributed by atoms with van der Waals surface area (Å²) in [5.74, 6) is -0.438. The van der Waals surface area contributed by atoms with E-state index in [0.29, 0.717) is 13.1 Å². The fraction of sp³-hybridized carbons (Fsp3) is 0.409. The summed E-state index contributed by atoms with van der Waals surface area (Å²) >= 11 is 0.